The van der Waals surface area contributed by atoms with Gasteiger partial charge in [0.25, 0.3) is 0 Å². The monoisotopic (exact) mass is 232 g/mol. The van der Waals surface area contributed by atoms with Crippen molar-refractivity contribution in [2.75, 3.05) is 13.6 Å². The second-order valence-corrected chi connectivity index (χ2v) is 4.41. The first-order valence-corrected chi connectivity index (χ1v) is 5.72. The summed E-state index contributed by atoms with van der Waals surface area (Å²) >= 11 is 0. The highest BCUT2D eigenvalue weighted by atomic mass is 16.2. The van der Waals surface area contributed by atoms with Crippen LogP contribution in [0.4, 0.5) is 0 Å². The standard InChI is InChI=1S/C13H16N2O2/c1-15-9-11(8-13(15)17)14-12(16)7-10-5-3-2-4-6-10/h2-6,11H,7-9H2,1H3,(H,14,16). The first-order chi connectivity index (χ1) is 8.15. The molecule has 0 radical (unpaired) electrons. The van der Waals surface area contributed by atoms with Crippen molar-refractivity contribution < 1.29 is 9.59 Å². The molecule has 1 atom stereocenters. The van der Waals surface area contributed by atoms with Gasteiger partial charge in [-0.25, -0.2) is 0 Å². The third-order valence-electron chi connectivity index (χ3n) is 2.91. The molecule has 1 unspecified atom stereocenters. The SMILES string of the molecule is CN1CC(NC(=O)Cc2ccccc2)CC1=O. The van der Waals surface area contributed by atoms with Crippen molar-refractivity contribution in [1.29, 1.82) is 0 Å². The van der Waals surface area contributed by atoms with Gasteiger partial charge < -0.3 is 10.2 Å². The van der Waals surface area contributed by atoms with E-state index in [1.165, 1.54) is 0 Å². The van der Waals surface area contributed by atoms with E-state index in [1.807, 2.05) is 30.3 Å². The maximum atomic E-state index is 11.7. The van der Waals surface area contributed by atoms with E-state index in [4.69, 9.17) is 0 Å². The summed E-state index contributed by atoms with van der Waals surface area (Å²) in [4.78, 5) is 24.7. The zero-order chi connectivity index (χ0) is 12.3. The molecule has 0 spiro atoms. The van der Waals surface area contributed by atoms with Gasteiger partial charge in [0.05, 0.1) is 12.5 Å². The average Bonchev–Trinajstić information content (AvgIpc) is 2.59. The number of likely N-dealkylation sites (tertiary alicyclic amines) is 1. The average molecular weight is 232 g/mol. The van der Waals surface area contributed by atoms with Crippen LogP contribution in [0.15, 0.2) is 30.3 Å². The molecule has 1 saturated heterocycles. The van der Waals surface area contributed by atoms with Gasteiger partial charge in [-0.2, -0.15) is 0 Å². The second-order valence-electron chi connectivity index (χ2n) is 4.41. The summed E-state index contributed by atoms with van der Waals surface area (Å²) in [6.45, 7) is 0.610. The molecule has 0 saturated carbocycles. The van der Waals surface area contributed by atoms with Crippen molar-refractivity contribution in [3.8, 4) is 0 Å². The predicted octanol–water partition coefficient (Wildman–Crippen LogP) is 0.576. The maximum absolute atomic E-state index is 11.7. The van der Waals surface area contributed by atoms with Crippen LogP contribution in [-0.2, 0) is 16.0 Å². The highest BCUT2D eigenvalue weighted by Crippen LogP contribution is 2.08. The third-order valence-corrected chi connectivity index (χ3v) is 2.91. The lowest BCUT2D eigenvalue weighted by Gasteiger charge is -2.12. The number of hydrogen-bond acceptors (Lipinski definition) is 2. The Labute approximate surface area is 101 Å². The number of nitrogens with one attached hydrogen (secondary N) is 1. The molecule has 17 heavy (non-hydrogen) atoms. The first-order valence-electron chi connectivity index (χ1n) is 5.72. The molecule has 0 aliphatic carbocycles. The number of likely N-dealkylation sites (N-methyl/N-ethyl adjacent to an activating group) is 1. The zero-order valence-corrected chi connectivity index (χ0v) is 9.85. The first kappa shape index (κ1) is 11.6. The number of carbonyl (C=O) groups excluding carboxylic acids is 2. The fourth-order valence-electron chi connectivity index (χ4n) is 2.02. The van der Waals surface area contributed by atoms with Gasteiger partial charge in [-0.3, -0.25) is 9.59 Å². The summed E-state index contributed by atoms with van der Waals surface area (Å²) < 4.78 is 0. The number of rotatable bonds is 3. The van der Waals surface area contributed by atoms with Gasteiger partial charge in [-0.1, -0.05) is 30.3 Å². The molecule has 4 nitrogen and oxygen atoms in total. The highest BCUT2D eigenvalue weighted by Gasteiger charge is 2.27. The van der Waals surface area contributed by atoms with Crippen molar-refractivity contribution in [2.45, 2.75) is 18.9 Å². The molecule has 1 aromatic carbocycles. The summed E-state index contributed by atoms with van der Waals surface area (Å²) in [5.74, 6) is 0.0688. The molecule has 2 rings (SSSR count). The topological polar surface area (TPSA) is 49.4 Å². The zero-order valence-electron chi connectivity index (χ0n) is 9.85. The van der Waals surface area contributed by atoms with Crippen molar-refractivity contribution in [2.24, 2.45) is 0 Å². The van der Waals surface area contributed by atoms with Crippen LogP contribution in [0.2, 0.25) is 0 Å². The number of amides is 2. The van der Waals surface area contributed by atoms with E-state index in [9.17, 15) is 9.59 Å². The van der Waals surface area contributed by atoms with Crippen LogP contribution in [0, 0.1) is 0 Å². The van der Waals surface area contributed by atoms with Gasteiger partial charge in [0.1, 0.15) is 0 Å². The van der Waals surface area contributed by atoms with E-state index >= 15 is 0 Å². The molecule has 0 bridgehead atoms. The Kier molecular flexibility index (Phi) is 3.42. The van der Waals surface area contributed by atoms with Gasteiger partial charge >= 0.3 is 0 Å². The van der Waals surface area contributed by atoms with Crippen molar-refractivity contribution in [1.82, 2.24) is 10.2 Å². The fourth-order valence-corrected chi connectivity index (χ4v) is 2.02. The summed E-state index contributed by atoms with van der Waals surface area (Å²) in [5.41, 5.74) is 0.989. The smallest absolute Gasteiger partial charge is 0.224 e. The quantitative estimate of drug-likeness (QED) is 0.828. The van der Waals surface area contributed by atoms with Crippen LogP contribution in [0.25, 0.3) is 0 Å². The van der Waals surface area contributed by atoms with E-state index in [0.29, 0.717) is 19.4 Å². The molecule has 4 heteroatoms. The van der Waals surface area contributed by atoms with E-state index in [-0.39, 0.29) is 17.9 Å². The Morgan fingerprint density at radius 3 is 2.71 bits per heavy atom. The van der Waals surface area contributed by atoms with Gasteiger partial charge in [0.2, 0.25) is 11.8 Å². The normalized spacial score (nSPS) is 19.5. The molecule has 2 amide bonds. The van der Waals surface area contributed by atoms with Crippen LogP contribution < -0.4 is 5.32 Å². The summed E-state index contributed by atoms with van der Waals surface area (Å²) in [6, 6.07) is 9.55. The fraction of sp³-hybridized carbons (Fsp3) is 0.385. The van der Waals surface area contributed by atoms with E-state index < -0.39 is 0 Å². The van der Waals surface area contributed by atoms with Crippen molar-refractivity contribution in [3.63, 3.8) is 0 Å². The minimum absolute atomic E-state index is 0.0238. The molecule has 1 aliphatic heterocycles. The van der Waals surface area contributed by atoms with Crippen molar-refractivity contribution >= 4 is 11.8 Å². The molecule has 90 valence electrons. The largest absolute Gasteiger partial charge is 0.351 e. The van der Waals surface area contributed by atoms with Crippen LogP contribution in [-0.4, -0.2) is 36.3 Å². The Balaban J connectivity index is 1.84. The molecule has 1 aliphatic rings. The lowest BCUT2D eigenvalue weighted by Crippen LogP contribution is -2.37. The lowest BCUT2D eigenvalue weighted by atomic mass is 10.1. The number of nitrogens with zero attached hydrogens (tertiary/aromatic N) is 1. The summed E-state index contributed by atoms with van der Waals surface area (Å²) in [6.07, 6.45) is 0.784. The van der Waals surface area contributed by atoms with Crippen LogP contribution in [0.1, 0.15) is 12.0 Å². The van der Waals surface area contributed by atoms with Gasteiger partial charge in [-0.05, 0) is 5.56 Å². The third kappa shape index (κ3) is 3.06. The number of benzene rings is 1. The van der Waals surface area contributed by atoms with Crippen LogP contribution in [0.3, 0.4) is 0 Å². The van der Waals surface area contributed by atoms with Gasteiger partial charge in [0, 0.05) is 20.0 Å². The minimum Gasteiger partial charge on any atom is -0.351 e. The Hall–Kier alpha value is -1.84. The number of carbonyl (C=O) groups is 2. The Morgan fingerprint density at radius 2 is 2.12 bits per heavy atom. The lowest BCUT2D eigenvalue weighted by molar-refractivity contribution is -0.126. The van der Waals surface area contributed by atoms with Gasteiger partial charge in [0.15, 0.2) is 0 Å². The molecule has 1 fully saturated rings. The molecule has 1 heterocycles. The van der Waals surface area contributed by atoms with E-state index in [1.54, 1.807) is 11.9 Å². The molecule has 1 N–H and O–H groups in total. The van der Waals surface area contributed by atoms with E-state index in [0.717, 1.165) is 5.56 Å². The summed E-state index contributed by atoms with van der Waals surface area (Å²) in [7, 11) is 1.76. The highest BCUT2D eigenvalue weighted by molar-refractivity contribution is 5.82. The van der Waals surface area contributed by atoms with E-state index in [2.05, 4.69) is 5.32 Å². The molecule has 0 aromatic heterocycles. The number of hydrogen-bond donors (Lipinski definition) is 1. The minimum atomic E-state index is -0.0382. The molecule has 1 aromatic rings. The Morgan fingerprint density at radius 1 is 1.41 bits per heavy atom. The van der Waals surface area contributed by atoms with Crippen molar-refractivity contribution in [3.05, 3.63) is 35.9 Å². The van der Waals surface area contributed by atoms with Crippen LogP contribution in [0.5, 0.6) is 0 Å². The molecular weight excluding hydrogens is 216 g/mol. The second kappa shape index (κ2) is 4.99. The Bertz CT molecular complexity index is 417. The summed E-state index contributed by atoms with van der Waals surface area (Å²) in [5, 5.41) is 2.89. The van der Waals surface area contributed by atoms with Crippen LogP contribution >= 0.6 is 0 Å². The van der Waals surface area contributed by atoms with Gasteiger partial charge in [-0.15, -0.1) is 0 Å². The molecular formula is C13H16N2O2. The maximum Gasteiger partial charge on any atom is 0.224 e. The predicted molar refractivity (Wildman–Crippen MR) is 64.3 cm³/mol.